The van der Waals surface area contributed by atoms with Crippen LogP contribution in [0.1, 0.15) is 30.8 Å². The van der Waals surface area contributed by atoms with Crippen LogP contribution in [-0.2, 0) is 13.0 Å². The third-order valence-corrected chi connectivity index (χ3v) is 2.90. The predicted octanol–water partition coefficient (Wildman–Crippen LogP) is 1.93. The van der Waals surface area contributed by atoms with E-state index in [0.29, 0.717) is 0 Å². The molecule has 0 saturated heterocycles. The number of hydrogen-bond acceptors (Lipinski definition) is 3. The highest BCUT2D eigenvalue weighted by Crippen LogP contribution is 2.14. The minimum absolute atomic E-state index is 0.0438. The highest BCUT2D eigenvalue weighted by atomic mass is 15.3. The van der Waals surface area contributed by atoms with Gasteiger partial charge in [-0.3, -0.25) is 0 Å². The summed E-state index contributed by atoms with van der Waals surface area (Å²) in [4.78, 5) is 0. The SMILES string of the molecule is CCn1cnnc1[C@@H](N)CCc1ccccc1. The molecule has 2 aromatic rings. The number of rotatable bonds is 5. The Bertz CT molecular complexity index is 449. The van der Waals surface area contributed by atoms with Crippen LogP contribution in [-0.4, -0.2) is 14.8 Å². The zero-order chi connectivity index (χ0) is 12.1. The van der Waals surface area contributed by atoms with Crippen LogP contribution in [0.4, 0.5) is 0 Å². The van der Waals surface area contributed by atoms with Crippen LogP contribution in [0.25, 0.3) is 0 Å². The second-order valence-corrected chi connectivity index (χ2v) is 4.11. The molecule has 2 rings (SSSR count). The number of aryl methyl sites for hydroxylation is 2. The van der Waals surface area contributed by atoms with E-state index in [-0.39, 0.29) is 6.04 Å². The van der Waals surface area contributed by atoms with E-state index in [0.717, 1.165) is 25.2 Å². The third kappa shape index (κ3) is 2.91. The second-order valence-electron chi connectivity index (χ2n) is 4.11. The lowest BCUT2D eigenvalue weighted by molar-refractivity contribution is 0.566. The largest absolute Gasteiger partial charge is 0.321 e. The van der Waals surface area contributed by atoms with Gasteiger partial charge in [0.15, 0.2) is 0 Å². The zero-order valence-corrected chi connectivity index (χ0v) is 10.1. The molecule has 0 amide bonds. The first-order chi connectivity index (χ1) is 8.31. The summed E-state index contributed by atoms with van der Waals surface area (Å²) in [7, 11) is 0. The molecule has 1 atom stereocenters. The van der Waals surface area contributed by atoms with E-state index in [1.165, 1.54) is 5.56 Å². The van der Waals surface area contributed by atoms with Gasteiger partial charge in [0.1, 0.15) is 12.2 Å². The quantitative estimate of drug-likeness (QED) is 0.854. The van der Waals surface area contributed by atoms with Crippen molar-refractivity contribution < 1.29 is 0 Å². The van der Waals surface area contributed by atoms with Gasteiger partial charge >= 0.3 is 0 Å². The molecule has 0 radical (unpaired) electrons. The summed E-state index contributed by atoms with van der Waals surface area (Å²) in [6.45, 7) is 2.93. The lowest BCUT2D eigenvalue weighted by Crippen LogP contribution is -2.17. The predicted molar refractivity (Wildman–Crippen MR) is 67.4 cm³/mol. The third-order valence-electron chi connectivity index (χ3n) is 2.90. The number of nitrogens with zero attached hydrogens (tertiary/aromatic N) is 3. The van der Waals surface area contributed by atoms with Gasteiger partial charge in [0.2, 0.25) is 0 Å². The molecule has 0 saturated carbocycles. The van der Waals surface area contributed by atoms with Gasteiger partial charge in [-0.2, -0.15) is 0 Å². The molecule has 0 aliphatic carbocycles. The Balaban J connectivity index is 1.96. The Morgan fingerprint density at radius 3 is 2.76 bits per heavy atom. The van der Waals surface area contributed by atoms with Gasteiger partial charge in [-0.25, -0.2) is 0 Å². The van der Waals surface area contributed by atoms with Gasteiger partial charge < -0.3 is 10.3 Å². The Hall–Kier alpha value is -1.68. The molecular formula is C13H18N4. The smallest absolute Gasteiger partial charge is 0.149 e. The van der Waals surface area contributed by atoms with Gasteiger partial charge in [-0.15, -0.1) is 10.2 Å². The van der Waals surface area contributed by atoms with Crippen molar-refractivity contribution in [3.05, 3.63) is 48.0 Å². The average molecular weight is 230 g/mol. The van der Waals surface area contributed by atoms with E-state index in [9.17, 15) is 0 Å². The summed E-state index contributed by atoms with van der Waals surface area (Å²) >= 11 is 0. The average Bonchev–Trinajstić information content (AvgIpc) is 2.85. The fourth-order valence-electron chi connectivity index (χ4n) is 1.89. The molecular weight excluding hydrogens is 212 g/mol. The van der Waals surface area contributed by atoms with Crippen molar-refractivity contribution in [2.75, 3.05) is 0 Å². The van der Waals surface area contributed by atoms with Gasteiger partial charge in [0.05, 0.1) is 6.04 Å². The fraction of sp³-hybridized carbons (Fsp3) is 0.385. The number of nitrogens with two attached hydrogens (primary N) is 1. The summed E-state index contributed by atoms with van der Waals surface area (Å²) < 4.78 is 2.00. The molecule has 17 heavy (non-hydrogen) atoms. The number of aromatic nitrogens is 3. The maximum absolute atomic E-state index is 6.14. The van der Waals surface area contributed by atoms with Crippen LogP contribution in [0, 0.1) is 0 Å². The minimum atomic E-state index is -0.0438. The Morgan fingerprint density at radius 1 is 1.29 bits per heavy atom. The molecule has 1 heterocycles. The van der Waals surface area contributed by atoms with Gasteiger partial charge in [0.25, 0.3) is 0 Å². The molecule has 0 bridgehead atoms. The van der Waals surface area contributed by atoms with Crippen molar-refractivity contribution in [2.45, 2.75) is 32.4 Å². The van der Waals surface area contributed by atoms with E-state index < -0.39 is 0 Å². The molecule has 90 valence electrons. The molecule has 1 aromatic heterocycles. The Labute approximate surface area is 101 Å². The van der Waals surface area contributed by atoms with Crippen LogP contribution in [0.5, 0.6) is 0 Å². The molecule has 2 N–H and O–H groups in total. The van der Waals surface area contributed by atoms with Crippen molar-refractivity contribution >= 4 is 0 Å². The van der Waals surface area contributed by atoms with E-state index in [2.05, 4.69) is 41.4 Å². The molecule has 0 fully saturated rings. The summed E-state index contributed by atoms with van der Waals surface area (Å²) in [5.74, 6) is 0.878. The Kier molecular flexibility index (Phi) is 3.88. The van der Waals surface area contributed by atoms with E-state index in [1.807, 2.05) is 10.6 Å². The van der Waals surface area contributed by atoms with Crippen LogP contribution >= 0.6 is 0 Å². The van der Waals surface area contributed by atoms with Crippen LogP contribution in [0.3, 0.4) is 0 Å². The maximum atomic E-state index is 6.14. The summed E-state index contributed by atoms with van der Waals surface area (Å²) in [6.07, 6.45) is 3.60. The topological polar surface area (TPSA) is 56.7 Å². The van der Waals surface area contributed by atoms with Crippen molar-refractivity contribution in [2.24, 2.45) is 5.73 Å². The molecule has 4 heteroatoms. The highest BCUT2D eigenvalue weighted by molar-refractivity contribution is 5.15. The first-order valence-corrected chi connectivity index (χ1v) is 5.98. The summed E-state index contributed by atoms with van der Waals surface area (Å²) in [6, 6.07) is 10.3. The normalized spacial score (nSPS) is 12.6. The molecule has 0 aliphatic rings. The number of hydrogen-bond donors (Lipinski definition) is 1. The van der Waals surface area contributed by atoms with Crippen LogP contribution in [0.15, 0.2) is 36.7 Å². The first-order valence-electron chi connectivity index (χ1n) is 5.98. The van der Waals surface area contributed by atoms with Crippen molar-refractivity contribution in [1.82, 2.24) is 14.8 Å². The molecule has 0 unspecified atom stereocenters. The lowest BCUT2D eigenvalue weighted by atomic mass is 10.1. The van der Waals surface area contributed by atoms with E-state index >= 15 is 0 Å². The number of benzene rings is 1. The minimum Gasteiger partial charge on any atom is -0.321 e. The molecule has 1 aromatic carbocycles. The van der Waals surface area contributed by atoms with Gasteiger partial charge in [-0.1, -0.05) is 30.3 Å². The first kappa shape index (κ1) is 11.8. The van der Waals surface area contributed by atoms with E-state index in [4.69, 9.17) is 5.73 Å². The lowest BCUT2D eigenvalue weighted by Gasteiger charge is -2.11. The van der Waals surface area contributed by atoms with Gasteiger partial charge in [-0.05, 0) is 25.3 Å². The summed E-state index contributed by atoms with van der Waals surface area (Å²) in [5, 5.41) is 7.99. The zero-order valence-electron chi connectivity index (χ0n) is 10.1. The standard InChI is InChI=1S/C13H18N4/c1-2-17-10-15-16-13(17)12(14)9-8-11-6-4-3-5-7-11/h3-7,10,12H,2,8-9,14H2,1H3/t12-/m0/s1. The van der Waals surface area contributed by atoms with Crippen LogP contribution in [0.2, 0.25) is 0 Å². The van der Waals surface area contributed by atoms with Crippen molar-refractivity contribution in [1.29, 1.82) is 0 Å². The summed E-state index contributed by atoms with van der Waals surface area (Å²) in [5.41, 5.74) is 7.45. The van der Waals surface area contributed by atoms with Crippen LogP contribution < -0.4 is 5.73 Å². The van der Waals surface area contributed by atoms with E-state index in [1.54, 1.807) is 6.33 Å². The fourth-order valence-corrected chi connectivity index (χ4v) is 1.89. The highest BCUT2D eigenvalue weighted by Gasteiger charge is 2.12. The van der Waals surface area contributed by atoms with Crippen molar-refractivity contribution in [3.63, 3.8) is 0 Å². The molecule has 0 aliphatic heterocycles. The molecule has 0 spiro atoms. The molecule has 4 nitrogen and oxygen atoms in total. The Morgan fingerprint density at radius 2 is 2.06 bits per heavy atom. The monoisotopic (exact) mass is 230 g/mol. The maximum Gasteiger partial charge on any atom is 0.149 e. The second kappa shape index (κ2) is 5.59. The van der Waals surface area contributed by atoms with Crippen molar-refractivity contribution in [3.8, 4) is 0 Å². The van der Waals surface area contributed by atoms with Gasteiger partial charge in [0, 0.05) is 6.54 Å².